The molecule has 0 aromatic heterocycles. The highest BCUT2D eigenvalue weighted by molar-refractivity contribution is 6.04. The van der Waals surface area contributed by atoms with Crippen LogP contribution in [-0.2, 0) is 22.6 Å². The van der Waals surface area contributed by atoms with Gasteiger partial charge in [-0.15, -0.1) is 0 Å². The number of benzene rings is 2. The van der Waals surface area contributed by atoms with Crippen LogP contribution in [-0.4, -0.2) is 25.5 Å². The number of hydrogen-bond donors (Lipinski definition) is 2. The molecule has 0 atom stereocenters. The summed E-state index contributed by atoms with van der Waals surface area (Å²) in [6.07, 6.45) is 0.670. The smallest absolute Gasteiger partial charge is 0.235 e. The number of carbonyl (C=O) groups is 2. The Kier molecular flexibility index (Phi) is 6.99. The second-order valence-corrected chi connectivity index (χ2v) is 7.09. The highest BCUT2D eigenvalue weighted by atomic mass is 16.5. The van der Waals surface area contributed by atoms with E-state index in [1.165, 1.54) is 0 Å². The molecule has 0 radical (unpaired) electrons. The van der Waals surface area contributed by atoms with Gasteiger partial charge in [0.15, 0.2) is 0 Å². The largest absolute Gasteiger partial charge is 0.497 e. The van der Waals surface area contributed by atoms with Gasteiger partial charge < -0.3 is 15.4 Å². The monoisotopic (exact) mass is 368 g/mol. The lowest BCUT2D eigenvalue weighted by Gasteiger charge is -2.23. The highest BCUT2D eigenvalue weighted by Gasteiger charge is 2.35. The van der Waals surface area contributed by atoms with Gasteiger partial charge in [0.1, 0.15) is 11.2 Å². The van der Waals surface area contributed by atoms with E-state index < -0.39 is 5.41 Å². The number of rotatable bonds is 8. The first-order valence-corrected chi connectivity index (χ1v) is 9.08. The van der Waals surface area contributed by atoms with Crippen LogP contribution in [0.5, 0.6) is 5.75 Å². The van der Waals surface area contributed by atoms with Crippen molar-refractivity contribution in [1.29, 1.82) is 0 Å². The summed E-state index contributed by atoms with van der Waals surface area (Å²) in [5.74, 6) is 0.215. The minimum Gasteiger partial charge on any atom is -0.497 e. The number of methoxy groups -OCH3 is 1. The molecule has 0 aliphatic rings. The van der Waals surface area contributed by atoms with Crippen LogP contribution in [0.3, 0.4) is 0 Å². The molecule has 2 aromatic rings. The molecule has 5 nitrogen and oxygen atoms in total. The number of carbonyl (C=O) groups excluding carboxylic acids is 2. The quantitative estimate of drug-likeness (QED) is 0.704. The molecule has 0 heterocycles. The molecule has 2 aromatic carbocycles. The van der Waals surface area contributed by atoms with Crippen molar-refractivity contribution in [3.63, 3.8) is 0 Å². The van der Waals surface area contributed by atoms with Gasteiger partial charge in [0.25, 0.3) is 0 Å². The Hall–Kier alpha value is -2.82. The Morgan fingerprint density at radius 3 is 2.41 bits per heavy atom. The van der Waals surface area contributed by atoms with Crippen LogP contribution in [0.1, 0.15) is 30.5 Å². The van der Waals surface area contributed by atoms with E-state index in [-0.39, 0.29) is 11.8 Å². The van der Waals surface area contributed by atoms with E-state index in [0.717, 1.165) is 22.4 Å². The van der Waals surface area contributed by atoms with Crippen molar-refractivity contribution in [2.24, 2.45) is 5.41 Å². The maximum atomic E-state index is 12.5. The SMILES string of the molecule is COc1cccc(CCNC(=O)C(C)(C)C(=O)NCc2ccccc2C)c1. The van der Waals surface area contributed by atoms with Gasteiger partial charge in [0.2, 0.25) is 11.8 Å². The number of nitrogens with one attached hydrogen (secondary N) is 2. The lowest BCUT2D eigenvalue weighted by molar-refractivity contribution is -0.141. The predicted octanol–water partition coefficient (Wildman–Crippen LogP) is 3.00. The number of ether oxygens (including phenoxy) is 1. The number of hydrogen-bond acceptors (Lipinski definition) is 3. The molecule has 0 saturated carbocycles. The van der Waals surface area contributed by atoms with E-state index in [0.29, 0.717) is 19.5 Å². The van der Waals surface area contributed by atoms with Crippen LogP contribution in [0.15, 0.2) is 48.5 Å². The molecule has 27 heavy (non-hydrogen) atoms. The molecule has 0 fully saturated rings. The Morgan fingerprint density at radius 2 is 1.70 bits per heavy atom. The van der Waals surface area contributed by atoms with E-state index in [4.69, 9.17) is 4.74 Å². The molecule has 2 N–H and O–H groups in total. The van der Waals surface area contributed by atoms with Gasteiger partial charge >= 0.3 is 0 Å². The fourth-order valence-corrected chi connectivity index (χ4v) is 2.68. The Morgan fingerprint density at radius 1 is 1.00 bits per heavy atom. The lowest BCUT2D eigenvalue weighted by atomic mass is 9.90. The second-order valence-electron chi connectivity index (χ2n) is 7.09. The molecule has 0 saturated heterocycles. The predicted molar refractivity (Wildman–Crippen MR) is 107 cm³/mol. The van der Waals surface area contributed by atoms with Crippen molar-refractivity contribution >= 4 is 11.8 Å². The molecule has 5 heteroatoms. The van der Waals surface area contributed by atoms with Crippen molar-refractivity contribution in [2.75, 3.05) is 13.7 Å². The first kappa shape index (κ1) is 20.5. The first-order valence-electron chi connectivity index (χ1n) is 9.08. The standard InChI is InChI=1S/C22H28N2O3/c1-16-8-5-6-10-18(16)15-24-21(26)22(2,3)20(25)23-13-12-17-9-7-11-19(14-17)27-4/h5-11,14H,12-13,15H2,1-4H3,(H,23,25)(H,24,26). The minimum absolute atomic E-state index is 0.285. The topological polar surface area (TPSA) is 67.4 Å². The molecule has 0 unspecified atom stereocenters. The van der Waals surface area contributed by atoms with Crippen molar-refractivity contribution in [2.45, 2.75) is 33.7 Å². The summed E-state index contributed by atoms with van der Waals surface area (Å²) in [7, 11) is 1.62. The molecular weight excluding hydrogens is 340 g/mol. The molecule has 0 spiro atoms. The summed E-state index contributed by atoms with van der Waals surface area (Å²) in [6.45, 7) is 6.15. The van der Waals surface area contributed by atoms with E-state index in [9.17, 15) is 9.59 Å². The van der Waals surface area contributed by atoms with Gasteiger partial charge in [-0.3, -0.25) is 9.59 Å². The Labute approximate surface area is 161 Å². The molecule has 2 amide bonds. The van der Waals surface area contributed by atoms with E-state index >= 15 is 0 Å². The van der Waals surface area contributed by atoms with Crippen molar-refractivity contribution in [1.82, 2.24) is 10.6 Å². The van der Waals surface area contributed by atoms with Crippen molar-refractivity contribution in [3.05, 3.63) is 65.2 Å². The average Bonchev–Trinajstić information content (AvgIpc) is 2.67. The fourth-order valence-electron chi connectivity index (χ4n) is 2.68. The molecule has 2 rings (SSSR count). The van der Waals surface area contributed by atoms with E-state index in [1.54, 1.807) is 21.0 Å². The third-order valence-corrected chi connectivity index (χ3v) is 4.67. The first-order chi connectivity index (χ1) is 12.8. The molecule has 0 bridgehead atoms. The summed E-state index contributed by atoms with van der Waals surface area (Å²) in [4.78, 5) is 25.0. The van der Waals surface area contributed by atoms with Crippen LogP contribution < -0.4 is 15.4 Å². The summed E-state index contributed by atoms with van der Waals surface area (Å²) in [5, 5.41) is 5.73. The average molecular weight is 368 g/mol. The Balaban J connectivity index is 1.85. The Bertz CT molecular complexity index is 800. The van der Waals surface area contributed by atoms with E-state index in [1.807, 2.05) is 55.5 Å². The number of aryl methyl sites for hydroxylation is 1. The summed E-state index contributed by atoms with van der Waals surface area (Å²) in [5.41, 5.74) is 2.08. The highest BCUT2D eigenvalue weighted by Crippen LogP contribution is 2.17. The summed E-state index contributed by atoms with van der Waals surface area (Å²) >= 11 is 0. The van der Waals surface area contributed by atoms with Crippen LogP contribution in [0, 0.1) is 12.3 Å². The zero-order chi connectivity index (χ0) is 19.9. The normalized spacial score (nSPS) is 11.0. The van der Waals surface area contributed by atoms with Gasteiger partial charge in [0.05, 0.1) is 7.11 Å². The maximum absolute atomic E-state index is 12.5. The van der Waals surface area contributed by atoms with Gasteiger partial charge in [-0.25, -0.2) is 0 Å². The minimum atomic E-state index is -1.14. The molecule has 144 valence electrons. The van der Waals surface area contributed by atoms with Crippen molar-refractivity contribution in [3.8, 4) is 5.75 Å². The zero-order valence-electron chi connectivity index (χ0n) is 16.5. The fraction of sp³-hybridized carbons (Fsp3) is 0.364. The third kappa shape index (κ3) is 5.58. The molecule has 0 aliphatic heterocycles. The second kappa shape index (κ2) is 9.21. The molecule has 0 aliphatic carbocycles. The van der Waals surface area contributed by atoms with Crippen LogP contribution in [0.2, 0.25) is 0 Å². The lowest BCUT2D eigenvalue weighted by Crippen LogP contribution is -2.48. The van der Waals surface area contributed by atoms with E-state index in [2.05, 4.69) is 10.6 Å². The van der Waals surface area contributed by atoms with Gasteiger partial charge in [-0.05, 0) is 56.0 Å². The summed E-state index contributed by atoms with van der Waals surface area (Å²) in [6, 6.07) is 15.6. The van der Waals surface area contributed by atoms with Gasteiger partial charge in [-0.2, -0.15) is 0 Å². The summed E-state index contributed by atoms with van der Waals surface area (Å²) < 4.78 is 5.20. The van der Waals surface area contributed by atoms with Crippen LogP contribution >= 0.6 is 0 Å². The van der Waals surface area contributed by atoms with Gasteiger partial charge in [-0.1, -0.05) is 36.4 Å². The zero-order valence-corrected chi connectivity index (χ0v) is 16.5. The van der Waals surface area contributed by atoms with Crippen LogP contribution in [0.4, 0.5) is 0 Å². The van der Waals surface area contributed by atoms with Crippen molar-refractivity contribution < 1.29 is 14.3 Å². The third-order valence-electron chi connectivity index (χ3n) is 4.67. The molecular formula is C22H28N2O3. The van der Waals surface area contributed by atoms with Crippen LogP contribution in [0.25, 0.3) is 0 Å². The van der Waals surface area contributed by atoms with Gasteiger partial charge in [0, 0.05) is 13.1 Å². The maximum Gasteiger partial charge on any atom is 0.235 e. The number of amides is 2.